The molecular formula is C10H15ClO. The summed E-state index contributed by atoms with van der Waals surface area (Å²) in [5, 5.41) is -0.298. The fourth-order valence-corrected chi connectivity index (χ4v) is 0.851. The molecule has 0 radical (unpaired) electrons. The van der Waals surface area contributed by atoms with Gasteiger partial charge in [-0.25, -0.2) is 0 Å². The van der Waals surface area contributed by atoms with Gasteiger partial charge >= 0.3 is 0 Å². The molecule has 0 bridgehead atoms. The van der Waals surface area contributed by atoms with Crippen LogP contribution in [0.1, 0.15) is 27.2 Å². The summed E-state index contributed by atoms with van der Waals surface area (Å²) in [7, 11) is 0. The minimum absolute atomic E-state index is 0.173. The Hall–Kier alpha value is -0.560. The van der Waals surface area contributed by atoms with Crippen LogP contribution >= 0.6 is 11.6 Å². The van der Waals surface area contributed by atoms with E-state index in [1.807, 2.05) is 25.2 Å². The largest absolute Gasteiger partial charge is 0.281 e. The van der Waals surface area contributed by atoms with Crippen molar-refractivity contribution < 1.29 is 4.79 Å². The van der Waals surface area contributed by atoms with Gasteiger partial charge < -0.3 is 0 Å². The predicted octanol–water partition coefficient (Wildman–Crippen LogP) is 3.30. The van der Waals surface area contributed by atoms with Crippen LogP contribution in [-0.4, -0.2) is 5.24 Å². The summed E-state index contributed by atoms with van der Waals surface area (Å²) in [6.07, 6.45) is 6.92. The van der Waals surface area contributed by atoms with Gasteiger partial charge in [0.05, 0.1) is 5.92 Å². The second kappa shape index (κ2) is 6.01. The van der Waals surface area contributed by atoms with Crippen molar-refractivity contribution >= 4 is 16.8 Å². The first-order valence-corrected chi connectivity index (χ1v) is 4.50. The minimum atomic E-state index is -0.298. The van der Waals surface area contributed by atoms with Crippen LogP contribution in [-0.2, 0) is 4.79 Å². The molecule has 0 aliphatic rings. The number of halogens is 1. The molecule has 0 saturated carbocycles. The summed E-state index contributed by atoms with van der Waals surface area (Å²) in [4.78, 5) is 10.7. The van der Waals surface area contributed by atoms with Gasteiger partial charge in [-0.05, 0) is 24.9 Å². The number of hydrogen-bond acceptors (Lipinski definition) is 1. The monoisotopic (exact) mass is 186 g/mol. The number of carbonyl (C=O) groups is 1. The Bertz CT molecular complexity index is 204. The lowest BCUT2D eigenvalue weighted by molar-refractivity contribution is -0.113. The van der Waals surface area contributed by atoms with E-state index < -0.39 is 0 Å². The van der Waals surface area contributed by atoms with E-state index in [-0.39, 0.29) is 11.2 Å². The smallest absolute Gasteiger partial charge is 0.228 e. The maximum atomic E-state index is 10.7. The Morgan fingerprint density at radius 1 is 1.58 bits per heavy atom. The Morgan fingerprint density at radius 2 is 2.17 bits per heavy atom. The zero-order valence-electron chi connectivity index (χ0n) is 7.80. The summed E-state index contributed by atoms with van der Waals surface area (Å²) in [5.74, 6) is -0.173. The Labute approximate surface area is 79.1 Å². The lowest BCUT2D eigenvalue weighted by atomic mass is 10.0. The van der Waals surface area contributed by atoms with Crippen molar-refractivity contribution in [1.82, 2.24) is 0 Å². The van der Waals surface area contributed by atoms with E-state index in [4.69, 9.17) is 11.6 Å². The van der Waals surface area contributed by atoms with E-state index >= 15 is 0 Å². The SMILES string of the molecule is CC/C=C\C=C(\C)C(C)C(=O)Cl. The molecule has 1 atom stereocenters. The highest BCUT2D eigenvalue weighted by molar-refractivity contribution is 6.64. The van der Waals surface area contributed by atoms with Crippen molar-refractivity contribution in [3.8, 4) is 0 Å². The zero-order chi connectivity index (χ0) is 9.56. The van der Waals surface area contributed by atoms with Crippen LogP contribution in [0.5, 0.6) is 0 Å². The van der Waals surface area contributed by atoms with Gasteiger partial charge in [0.25, 0.3) is 0 Å². The van der Waals surface area contributed by atoms with Gasteiger partial charge in [-0.3, -0.25) is 4.79 Å². The molecule has 0 aromatic heterocycles. The van der Waals surface area contributed by atoms with E-state index in [2.05, 4.69) is 6.92 Å². The lowest BCUT2D eigenvalue weighted by Crippen LogP contribution is -2.04. The molecule has 0 saturated heterocycles. The van der Waals surface area contributed by atoms with Crippen molar-refractivity contribution in [2.75, 3.05) is 0 Å². The number of allylic oxidation sites excluding steroid dienone is 4. The Balaban J connectivity index is 4.17. The summed E-state index contributed by atoms with van der Waals surface area (Å²) in [6, 6.07) is 0. The molecule has 0 rings (SSSR count). The molecule has 0 heterocycles. The molecule has 0 N–H and O–H groups in total. The molecule has 1 nitrogen and oxygen atoms in total. The van der Waals surface area contributed by atoms with Gasteiger partial charge in [-0.2, -0.15) is 0 Å². The summed E-state index contributed by atoms with van der Waals surface area (Å²) >= 11 is 5.33. The summed E-state index contributed by atoms with van der Waals surface area (Å²) in [5.41, 5.74) is 1.000. The van der Waals surface area contributed by atoms with Crippen LogP contribution in [0.3, 0.4) is 0 Å². The van der Waals surface area contributed by atoms with Gasteiger partial charge in [0.2, 0.25) is 5.24 Å². The van der Waals surface area contributed by atoms with Gasteiger partial charge in [-0.1, -0.05) is 37.6 Å². The molecule has 2 heteroatoms. The van der Waals surface area contributed by atoms with Crippen molar-refractivity contribution in [2.24, 2.45) is 5.92 Å². The number of carbonyl (C=O) groups excluding carboxylic acids is 1. The highest BCUT2D eigenvalue weighted by atomic mass is 35.5. The molecule has 0 aliphatic carbocycles. The molecule has 0 aliphatic heterocycles. The first-order chi connectivity index (χ1) is 5.59. The molecule has 0 spiro atoms. The van der Waals surface area contributed by atoms with Crippen molar-refractivity contribution in [3.63, 3.8) is 0 Å². The third kappa shape index (κ3) is 4.35. The van der Waals surface area contributed by atoms with Crippen LogP contribution < -0.4 is 0 Å². The second-order valence-corrected chi connectivity index (χ2v) is 3.15. The molecule has 1 unspecified atom stereocenters. The fraction of sp³-hybridized carbons (Fsp3) is 0.500. The van der Waals surface area contributed by atoms with Crippen LogP contribution in [0, 0.1) is 5.92 Å². The zero-order valence-corrected chi connectivity index (χ0v) is 8.56. The average molecular weight is 187 g/mol. The van der Waals surface area contributed by atoms with Crippen molar-refractivity contribution in [2.45, 2.75) is 27.2 Å². The standard InChI is InChI=1S/C10H15ClO/c1-4-5-6-7-8(2)9(3)10(11)12/h5-7,9H,4H2,1-3H3/b6-5-,8-7-. The highest BCUT2D eigenvalue weighted by Gasteiger charge is 2.10. The summed E-state index contributed by atoms with van der Waals surface area (Å²) in [6.45, 7) is 5.78. The molecule has 0 aromatic rings. The quantitative estimate of drug-likeness (QED) is 0.487. The fourth-order valence-electron chi connectivity index (χ4n) is 0.679. The summed E-state index contributed by atoms with van der Waals surface area (Å²) < 4.78 is 0. The third-order valence-electron chi connectivity index (χ3n) is 1.75. The van der Waals surface area contributed by atoms with Gasteiger partial charge in [0, 0.05) is 0 Å². The third-order valence-corrected chi connectivity index (χ3v) is 2.08. The van der Waals surface area contributed by atoms with Crippen LogP contribution in [0.25, 0.3) is 0 Å². The molecule has 12 heavy (non-hydrogen) atoms. The number of hydrogen-bond donors (Lipinski definition) is 0. The van der Waals surface area contributed by atoms with Crippen LogP contribution in [0.2, 0.25) is 0 Å². The number of rotatable bonds is 4. The van der Waals surface area contributed by atoms with Gasteiger partial charge in [0.1, 0.15) is 0 Å². The van der Waals surface area contributed by atoms with E-state index in [1.54, 1.807) is 6.92 Å². The predicted molar refractivity (Wildman–Crippen MR) is 53.2 cm³/mol. The van der Waals surface area contributed by atoms with E-state index in [1.165, 1.54) is 0 Å². The topological polar surface area (TPSA) is 17.1 Å². The molecule has 68 valence electrons. The average Bonchev–Trinajstić information content (AvgIpc) is 2.03. The highest BCUT2D eigenvalue weighted by Crippen LogP contribution is 2.12. The van der Waals surface area contributed by atoms with Crippen molar-refractivity contribution in [3.05, 3.63) is 23.8 Å². The van der Waals surface area contributed by atoms with Crippen LogP contribution in [0.15, 0.2) is 23.8 Å². The molecular weight excluding hydrogens is 172 g/mol. The van der Waals surface area contributed by atoms with Crippen molar-refractivity contribution in [1.29, 1.82) is 0 Å². The lowest BCUT2D eigenvalue weighted by Gasteiger charge is -2.04. The minimum Gasteiger partial charge on any atom is -0.281 e. The second-order valence-electron chi connectivity index (χ2n) is 2.77. The first-order valence-electron chi connectivity index (χ1n) is 4.12. The molecule has 0 amide bonds. The van der Waals surface area contributed by atoms with Crippen LogP contribution in [0.4, 0.5) is 0 Å². The Morgan fingerprint density at radius 3 is 2.58 bits per heavy atom. The van der Waals surface area contributed by atoms with Gasteiger partial charge in [-0.15, -0.1) is 0 Å². The Kier molecular flexibility index (Phi) is 5.73. The maximum Gasteiger partial charge on any atom is 0.228 e. The molecule has 0 aromatic carbocycles. The van der Waals surface area contributed by atoms with E-state index in [0.717, 1.165) is 12.0 Å². The molecule has 0 fully saturated rings. The normalized spacial score (nSPS) is 15.2. The maximum absolute atomic E-state index is 10.7. The van der Waals surface area contributed by atoms with Gasteiger partial charge in [0.15, 0.2) is 0 Å². The first kappa shape index (κ1) is 11.4. The van der Waals surface area contributed by atoms with E-state index in [0.29, 0.717) is 0 Å². The van der Waals surface area contributed by atoms with E-state index in [9.17, 15) is 4.79 Å².